The number of nitrogens with zero attached hydrogens (tertiary/aromatic N) is 4. The van der Waals surface area contributed by atoms with E-state index in [0.717, 1.165) is 55.4 Å². The van der Waals surface area contributed by atoms with Gasteiger partial charge in [-0.3, -0.25) is 4.68 Å². The fourth-order valence-corrected chi connectivity index (χ4v) is 2.11. The Hall–Kier alpha value is -1.91. The van der Waals surface area contributed by atoms with Crippen molar-refractivity contribution < 1.29 is 0 Å². The predicted molar refractivity (Wildman–Crippen MR) is 81.7 cm³/mol. The summed E-state index contributed by atoms with van der Waals surface area (Å²) in [6, 6.07) is 4.02. The van der Waals surface area contributed by atoms with Gasteiger partial charge in [0, 0.05) is 31.8 Å². The normalized spacial score (nSPS) is 10.8. The molecule has 2 aromatic rings. The summed E-state index contributed by atoms with van der Waals surface area (Å²) in [5.41, 5.74) is 1.99. The van der Waals surface area contributed by atoms with Crippen LogP contribution in [0.25, 0.3) is 11.4 Å². The van der Waals surface area contributed by atoms with E-state index in [2.05, 4.69) is 41.2 Å². The minimum absolute atomic E-state index is 0.840. The van der Waals surface area contributed by atoms with Crippen molar-refractivity contribution in [3.63, 3.8) is 0 Å². The van der Waals surface area contributed by atoms with Crippen molar-refractivity contribution in [1.29, 1.82) is 0 Å². The average molecular weight is 273 g/mol. The van der Waals surface area contributed by atoms with Crippen LogP contribution in [0.4, 0.5) is 5.82 Å². The third-order valence-corrected chi connectivity index (χ3v) is 3.08. The first-order valence-electron chi connectivity index (χ1n) is 7.42. The third kappa shape index (κ3) is 3.35. The van der Waals surface area contributed by atoms with Crippen LogP contribution in [-0.2, 0) is 13.0 Å². The number of hydrogen-bond acceptors (Lipinski definition) is 4. The lowest BCUT2D eigenvalue weighted by atomic mass is 10.2. The first kappa shape index (κ1) is 14.5. The molecule has 0 amide bonds. The van der Waals surface area contributed by atoms with Gasteiger partial charge in [0.2, 0.25) is 0 Å². The molecule has 0 aliphatic carbocycles. The molecular weight excluding hydrogens is 250 g/mol. The van der Waals surface area contributed by atoms with Gasteiger partial charge in [-0.25, -0.2) is 9.97 Å². The summed E-state index contributed by atoms with van der Waals surface area (Å²) in [6.45, 7) is 8.14. The molecule has 0 aromatic carbocycles. The van der Waals surface area contributed by atoms with Gasteiger partial charge in [0.1, 0.15) is 11.6 Å². The monoisotopic (exact) mass is 273 g/mol. The summed E-state index contributed by atoms with van der Waals surface area (Å²) in [7, 11) is 0. The van der Waals surface area contributed by atoms with Crippen molar-refractivity contribution in [1.82, 2.24) is 19.7 Å². The fourth-order valence-electron chi connectivity index (χ4n) is 2.11. The third-order valence-electron chi connectivity index (χ3n) is 3.08. The first-order valence-corrected chi connectivity index (χ1v) is 7.42. The minimum atomic E-state index is 0.840. The molecule has 0 bridgehead atoms. The quantitative estimate of drug-likeness (QED) is 0.842. The van der Waals surface area contributed by atoms with E-state index in [1.165, 1.54) is 0 Å². The summed E-state index contributed by atoms with van der Waals surface area (Å²) in [5, 5.41) is 7.67. The van der Waals surface area contributed by atoms with E-state index >= 15 is 0 Å². The van der Waals surface area contributed by atoms with E-state index < -0.39 is 0 Å². The topological polar surface area (TPSA) is 55.6 Å². The van der Waals surface area contributed by atoms with Crippen molar-refractivity contribution in [3.8, 4) is 11.4 Å². The van der Waals surface area contributed by atoms with Crippen LogP contribution in [-0.4, -0.2) is 26.3 Å². The van der Waals surface area contributed by atoms with Gasteiger partial charge in [-0.05, 0) is 25.8 Å². The van der Waals surface area contributed by atoms with E-state index in [0.29, 0.717) is 0 Å². The van der Waals surface area contributed by atoms with Gasteiger partial charge in [-0.15, -0.1) is 0 Å². The highest BCUT2D eigenvalue weighted by Gasteiger charge is 2.10. The Kier molecular flexibility index (Phi) is 5.09. The van der Waals surface area contributed by atoms with Crippen LogP contribution in [0.3, 0.4) is 0 Å². The molecule has 2 heterocycles. The molecule has 5 heteroatoms. The minimum Gasteiger partial charge on any atom is -0.370 e. The maximum Gasteiger partial charge on any atom is 0.131 e. The van der Waals surface area contributed by atoms with Gasteiger partial charge in [0.05, 0.1) is 11.4 Å². The van der Waals surface area contributed by atoms with Crippen molar-refractivity contribution in [2.45, 2.75) is 46.6 Å². The molecule has 0 saturated carbocycles. The van der Waals surface area contributed by atoms with Crippen molar-refractivity contribution in [2.24, 2.45) is 0 Å². The lowest BCUT2D eigenvalue weighted by Crippen LogP contribution is -2.07. The molecule has 20 heavy (non-hydrogen) atoms. The number of nitrogens with one attached hydrogen (secondary N) is 1. The van der Waals surface area contributed by atoms with E-state index in [9.17, 15) is 0 Å². The summed E-state index contributed by atoms with van der Waals surface area (Å²) < 4.78 is 1.96. The number of aromatic nitrogens is 4. The van der Waals surface area contributed by atoms with Crippen LogP contribution < -0.4 is 5.32 Å². The van der Waals surface area contributed by atoms with Crippen LogP contribution >= 0.6 is 0 Å². The SMILES string of the molecule is CCCNc1cc(-c2ccnn2CC)nc(CCC)n1. The molecule has 0 spiro atoms. The highest BCUT2D eigenvalue weighted by Crippen LogP contribution is 2.20. The second-order valence-corrected chi connectivity index (χ2v) is 4.76. The van der Waals surface area contributed by atoms with Crippen LogP contribution in [0.2, 0.25) is 0 Å². The Balaban J connectivity index is 2.38. The highest BCUT2D eigenvalue weighted by atomic mass is 15.3. The zero-order valence-corrected chi connectivity index (χ0v) is 12.6. The molecule has 108 valence electrons. The Morgan fingerprint density at radius 3 is 2.70 bits per heavy atom. The molecule has 0 saturated heterocycles. The summed E-state index contributed by atoms with van der Waals surface area (Å²) in [5.74, 6) is 1.80. The molecular formula is C15H23N5. The van der Waals surface area contributed by atoms with E-state index in [4.69, 9.17) is 0 Å². The molecule has 0 aliphatic heterocycles. The summed E-state index contributed by atoms with van der Waals surface area (Å²) in [4.78, 5) is 9.24. The highest BCUT2D eigenvalue weighted by molar-refractivity contribution is 5.58. The smallest absolute Gasteiger partial charge is 0.131 e. The van der Waals surface area contributed by atoms with Gasteiger partial charge >= 0.3 is 0 Å². The van der Waals surface area contributed by atoms with Crippen LogP contribution in [0.5, 0.6) is 0 Å². The van der Waals surface area contributed by atoms with Crippen molar-refractivity contribution in [3.05, 3.63) is 24.2 Å². The maximum atomic E-state index is 4.67. The summed E-state index contributed by atoms with van der Waals surface area (Å²) >= 11 is 0. The van der Waals surface area contributed by atoms with E-state index in [1.807, 2.05) is 23.0 Å². The van der Waals surface area contributed by atoms with E-state index in [1.54, 1.807) is 0 Å². The number of hydrogen-bond donors (Lipinski definition) is 1. The second kappa shape index (κ2) is 7.03. The Labute approximate surface area is 120 Å². The van der Waals surface area contributed by atoms with Crippen LogP contribution in [0, 0.1) is 0 Å². The largest absolute Gasteiger partial charge is 0.370 e. The van der Waals surface area contributed by atoms with Crippen LogP contribution in [0.1, 0.15) is 39.4 Å². The van der Waals surface area contributed by atoms with Crippen molar-refractivity contribution >= 4 is 5.82 Å². The average Bonchev–Trinajstić information content (AvgIpc) is 2.93. The Morgan fingerprint density at radius 1 is 1.15 bits per heavy atom. The zero-order valence-electron chi connectivity index (χ0n) is 12.6. The molecule has 0 aliphatic rings. The Bertz CT molecular complexity index is 547. The molecule has 1 N–H and O–H groups in total. The molecule has 5 nitrogen and oxygen atoms in total. The van der Waals surface area contributed by atoms with E-state index in [-0.39, 0.29) is 0 Å². The van der Waals surface area contributed by atoms with Crippen molar-refractivity contribution in [2.75, 3.05) is 11.9 Å². The number of aryl methyl sites for hydroxylation is 2. The first-order chi connectivity index (χ1) is 9.78. The van der Waals surface area contributed by atoms with Gasteiger partial charge in [0.15, 0.2) is 0 Å². The number of anilines is 1. The number of rotatable bonds is 7. The summed E-state index contributed by atoms with van der Waals surface area (Å²) in [6.07, 6.45) is 4.84. The zero-order chi connectivity index (χ0) is 14.4. The molecule has 2 aromatic heterocycles. The fraction of sp³-hybridized carbons (Fsp3) is 0.533. The molecule has 0 fully saturated rings. The standard InChI is InChI=1S/C15H23N5/c1-4-7-14-18-12(11-15(19-14)16-9-5-2)13-8-10-17-20(13)6-3/h8,10-11H,4-7,9H2,1-3H3,(H,16,18,19). The van der Waals surface area contributed by atoms with Gasteiger partial charge in [-0.2, -0.15) is 5.10 Å². The second-order valence-electron chi connectivity index (χ2n) is 4.76. The molecule has 2 rings (SSSR count). The van der Waals surface area contributed by atoms with Gasteiger partial charge < -0.3 is 5.32 Å². The molecule has 0 unspecified atom stereocenters. The maximum absolute atomic E-state index is 4.67. The lowest BCUT2D eigenvalue weighted by molar-refractivity contribution is 0.664. The van der Waals surface area contributed by atoms with Crippen LogP contribution in [0.15, 0.2) is 18.3 Å². The Morgan fingerprint density at radius 2 is 2.00 bits per heavy atom. The molecule has 0 radical (unpaired) electrons. The molecule has 0 atom stereocenters. The lowest BCUT2D eigenvalue weighted by Gasteiger charge is -2.10. The van der Waals surface area contributed by atoms with Gasteiger partial charge in [0.25, 0.3) is 0 Å². The predicted octanol–water partition coefficient (Wildman–Crippen LogP) is 3.13. The van der Waals surface area contributed by atoms with Gasteiger partial charge in [-0.1, -0.05) is 13.8 Å².